The van der Waals surface area contributed by atoms with Crippen molar-refractivity contribution in [3.05, 3.63) is 33.9 Å². The molecule has 0 aromatic heterocycles. The second-order valence-electron chi connectivity index (χ2n) is 4.67. The van der Waals surface area contributed by atoms with Crippen LogP contribution < -0.4 is 10.6 Å². The molecule has 6 heteroatoms. The van der Waals surface area contributed by atoms with Gasteiger partial charge in [-0.15, -0.1) is 0 Å². The monoisotopic (exact) mass is 279 g/mol. The van der Waals surface area contributed by atoms with Gasteiger partial charge in [0.25, 0.3) is 5.91 Å². The molecule has 0 saturated heterocycles. The second kappa shape index (κ2) is 7.47. The lowest BCUT2D eigenvalue weighted by molar-refractivity contribution is -0.384. The maximum Gasteiger partial charge on any atom is 0.305 e. The summed E-state index contributed by atoms with van der Waals surface area (Å²) in [6, 6.07) is 4.73. The van der Waals surface area contributed by atoms with Gasteiger partial charge in [-0.05, 0) is 31.9 Å². The van der Waals surface area contributed by atoms with E-state index in [2.05, 4.69) is 10.6 Å². The van der Waals surface area contributed by atoms with Gasteiger partial charge in [0.05, 0.1) is 4.92 Å². The molecule has 0 aliphatic carbocycles. The van der Waals surface area contributed by atoms with Gasteiger partial charge >= 0.3 is 5.69 Å². The molecule has 1 rings (SSSR count). The van der Waals surface area contributed by atoms with Crippen LogP contribution >= 0.6 is 0 Å². The normalized spacial score (nSPS) is 11.8. The third kappa shape index (κ3) is 3.94. The Bertz CT molecular complexity index is 489. The molecule has 20 heavy (non-hydrogen) atoms. The number of benzene rings is 1. The molecule has 1 unspecified atom stereocenters. The van der Waals surface area contributed by atoms with Crippen molar-refractivity contribution in [3.8, 4) is 0 Å². The molecule has 1 amide bonds. The molecule has 1 atom stereocenters. The molecule has 1 aromatic rings. The van der Waals surface area contributed by atoms with Crippen LogP contribution in [-0.2, 0) is 0 Å². The number of hydrogen-bond acceptors (Lipinski definition) is 4. The first-order valence-corrected chi connectivity index (χ1v) is 6.83. The van der Waals surface area contributed by atoms with Crippen LogP contribution in [0.5, 0.6) is 0 Å². The highest BCUT2D eigenvalue weighted by Crippen LogP contribution is 2.28. The summed E-state index contributed by atoms with van der Waals surface area (Å²) in [5.41, 5.74) is 0.312. The van der Waals surface area contributed by atoms with Gasteiger partial charge in [0.2, 0.25) is 0 Å². The molecule has 0 aliphatic rings. The smallest absolute Gasteiger partial charge is 0.305 e. The number of carbonyl (C=O) groups is 1. The van der Waals surface area contributed by atoms with Gasteiger partial charge < -0.3 is 10.6 Å². The van der Waals surface area contributed by atoms with Crippen molar-refractivity contribution in [2.24, 2.45) is 0 Å². The van der Waals surface area contributed by atoms with Crippen molar-refractivity contribution in [1.82, 2.24) is 5.32 Å². The summed E-state index contributed by atoms with van der Waals surface area (Å²) in [5.74, 6) is -0.411. The Morgan fingerprint density at radius 3 is 2.65 bits per heavy atom. The highest BCUT2D eigenvalue weighted by molar-refractivity contribution is 6.00. The highest BCUT2D eigenvalue weighted by atomic mass is 16.6. The lowest BCUT2D eigenvalue weighted by Crippen LogP contribution is -2.32. The highest BCUT2D eigenvalue weighted by Gasteiger charge is 2.24. The molecular weight excluding hydrogens is 258 g/mol. The number of carbonyl (C=O) groups excluding carboxylic acids is 1. The predicted molar refractivity (Wildman–Crippen MR) is 79.1 cm³/mol. The fourth-order valence-electron chi connectivity index (χ4n) is 1.73. The van der Waals surface area contributed by atoms with Crippen LogP contribution in [0, 0.1) is 10.1 Å². The largest absolute Gasteiger partial charge is 0.379 e. The van der Waals surface area contributed by atoms with E-state index in [1.807, 2.05) is 20.8 Å². The quantitative estimate of drug-likeness (QED) is 0.593. The predicted octanol–water partition coefficient (Wildman–Crippen LogP) is 2.95. The first-order valence-electron chi connectivity index (χ1n) is 6.83. The lowest BCUT2D eigenvalue weighted by Gasteiger charge is -2.13. The van der Waals surface area contributed by atoms with Crippen molar-refractivity contribution in [2.45, 2.75) is 39.7 Å². The number of para-hydroxylation sites is 1. The molecular formula is C14H21N3O3. The van der Waals surface area contributed by atoms with Crippen LogP contribution in [0.1, 0.15) is 44.0 Å². The van der Waals surface area contributed by atoms with E-state index in [9.17, 15) is 14.9 Å². The van der Waals surface area contributed by atoms with Crippen molar-refractivity contribution in [2.75, 3.05) is 11.9 Å². The third-order valence-electron chi connectivity index (χ3n) is 3.02. The Labute approximate surface area is 118 Å². The van der Waals surface area contributed by atoms with Gasteiger partial charge in [0, 0.05) is 12.6 Å². The first-order chi connectivity index (χ1) is 9.51. The summed E-state index contributed by atoms with van der Waals surface area (Å²) in [7, 11) is 0. The van der Waals surface area contributed by atoms with Crippen LogP contribution in [0.2, 0.25) is 0 Å². The number of hydrogen-bond donors (Lipinski definition) is 2. The zero-order chi connectivity index (χ0) is 15.1. The molecule has 0 spiro atoms. The number of amides is 1. The van der Waals surface area contributed by atoms with Gasteiger partial charge in [-0.25, -0.2) is 0 Å². The molecule has 6 nitrogen and oxygen atoms in total. The van der Waals surface area contributed by atoms with Crippen LogP contribution in [0.15, 0.2) is 18.2 Å². The molecule has 0 saturated carbocycles. The Kier molecular flexibility index (Phi) is 5.96. The second-order valence-corrected chi connectivity index (χ2v) is 4.67. The van der Waals surface area contributed by atoms with Crippen molar-refractivity contribution in [1.29, 1.82) is 0 Å². The Hall–Kier alpha value is -2.11. The summed E-state index contributed by atoms with van der Waals surface area (Å²) < 4.78 is 0. The number of nitro benzene ring substituents is 1. The van der Waals surface area contributed by atoms with E-state index in [-0.39, 0.29) is 17.3 Å². The van der Waals surface area contributed by atoms with Gasteiger partial charge in [-0.1, -0.05) is 19.9 Å². The SMILES string of the molecule is CCCNc1cccc(C(=O)NC(C)CC)c1[N+](=O)[O-]. The van der Waals surface area contributed by atoms with E-state index in [1.165, 1.54) is 6.07 Å². The fourth-order valence-corrected chi connectivity index (χ4v) is 1.73. The Balaban J connectivity index is 3.11. The average Bonchev–Trinajstić information content (AvgIpc) is 2.44. The van der Waals surface area contributed by atoms with Crippen LogP contribution in [0.3, 0.4) is 0 Å². The van der Waals surface area contributed by atoms with Gasteiger partial charge in [0.1, 0.15) is 11.3 Å². The first kappa shape index (κ1) is 15.9. The summed E-state index contributed by atoms with van der Waals surface area (Å²) in [6.45, 7) is 6.40. The van der Waals surface area contributed by atoms with E-state index in [4.69, 9.17) is 0 Å². The standard InChI is InChI=1S/C14H21N3O3/c1-4-9-15-12-8-6-7-11(13(12)17(19)20)14(18)16-10(3)5-2/h6-8,10,15H,4-5,9H2,1-3H3,(H,16,18). The number of nitro groups is 1. The van der Waals surface area contributed by atoms with Crippen LogP contribution in [0.4, 0.5) is 11.4 Å². The molecule has 110 valence electrons. The average molecular weight is 279 g/mol. The summed E-state index contributed by atoms with van der Waals surface area (Å²) in [5, 5.41) is 17.0. The van der Waals surface area contributed by atoms with E-state index >= 15 is 0 Å². The number of rotatable bonds is 7. The van der Waals surface area contributed by atoms with E-state index in [0.29, 0.717) is 12.2 Å². The molecule has 2 N–H and O–H groups in total. The van der Waals surface area contributed by atoms with E-state index in [1.54, 1.807) is 12.1 Å². The van der Waals surface area contributed by atoms with Crippen LogP contribution in [0.25, 0.3) is 0 Å². The fraction of sp³-hybridized carbons (Fsp3) is 0.500. The van der Waals surface area contributed by atoms with Crippen LogP contribution in [-0.4, -0.2) is 23.4 Å². The minimum atomic E-state index is -0.510. The van der Waals surface area contributed by atoms with Crippen molar-refractivity contribution >= 4 is 17.3 Å². The minimum absolute atomic E-state index is 0.0191. The summed E-state index contributed by atoms with van der Waals surface area (Å²) in [4.78, 5) is 22.9. The van der Waals surface area contributed by atoms with E-state index < -0.39 is 10.8 Å². The number of nitrogens with zero attached hydrogens (tertiary/aromatic N) is 1. The zero-order valence-electron chi connectivity index (χ0n) is 12.1. The zero-order valence-corrected chi connectivity index (χ0v) is 12.1. The summed E-state index contributed by atoms with van der Waals surface area (Å²) in [6.07, 6.45) is 1.62. The molecule has 0 heterocycles. The van der Waals surface area contributed by atoms with Crippen molar-refractivity contribution in [3.63, 3.8) is 0 Å². The maximum absolute atomic E-state index is 12.1. The minimum Gasteiger partial charge on any atom is -0.379 e. The van der Waals surface area contributed by atoms with Gasteiger partial charge in [-0.2, -0.15) is 0 Å². The molecule has 0 aliphatic heterocycles. The molecule has 0 fully saturated rings. The van der Waals surface area contributed by atoms with Crippen molar-refractivity contribution < 1.29 is 9.72 Å². The topological polar surface area (TPSA) is 84.3 Å². The lowest BCUT2D eigenvalue weighted by atomic mass is 10.1. The number of nitrogens with one attached hydrogen (secondary N) is 2. The molecule has 0 bridgehead atoms. The van der Waals surface area contributed by atoms with Gasteiger partial charge in [-0.3, -0.25) is 14.9 Å². The Morgan fingerprint density at radius 2 is 2.10 bits per heavy atom. The third-order valence-corrected chi connectivity index (χ3v) is 3.02. The van der Waals surface area contributed by atoms with E-state index in [0.717, 1.165) is 12.8 Å². The number of anilines is 1. The maximum atomic E-state index is 12.1. The Morgan fingerprint density at radius 1 is 1.40 bits per heavy atom. The molecule has 0 radical (unpaired) electrons. The molecule has 1 aromatic carbocycles. The summed E-state index contributed by atoms with van der Waals surface area (Å²) >= 11 is 0. The van der Waals surface area contributed by atoms with Gasteiger partial charge in [0.15, 0.2) is 0 Å².